The second-order valence-electron chi connectivity index (χ2n) is 2.78. The summed E-state index contributed by atoms with van der Waals surface area (Å²) < 4.78 is 0. The van der Waals surface area contributed by atoms with Gasteiger partial charge in [-0.2, -0.15) is 0 Å². The van der Waals surface area contributed by atoms with E-state index in [1.165, 1.54) is 6.07 Å². The standard InChI is InChI=1S/C8H8O3.C3H4O2.Mg/c1-5-3-2-4-6(7(5)9)8(10)11;1-2-3(4)5;/h2-4,9H,1H3,(H,10,11);2H,1H2,(H,4,5);/q;;+2/p-2. The predicted molar refractivity (Wildman–Crippen MR) is 58.1 cm³/mol. The van der Waals surface area contributed by atoms with Gasteiger partial charge in [0.2, 0.25) is 0 Å². The number of aromatic hydroxyl groups is 1. The topological polar surface area (TPSA) is 100 Å². The summed E-state index contributed by atoms with van der Waals surface area (Å²) in [6, 6.07) is 4.49. The molecule has 86 valence electrons. The van der Waals surface area contributed by atoms with Crippen molar-refractivity contribution in [1.29, 1.82) is 0 Å². The zero-order valence-corrected chi connectivity index (χ0v) is 10.7. The molecule has 0 aliphatic heterocycles. The average molecular weight is 247 g/mol. The zero-order chi connectivity index (χ0) is 12.7. The molecule has 0 heterocycles. The number of aryl methyl sites for hydroxylation is 1. The van der Waals surface area contributed by atoms with E-state index in [-0.39, 0.29) is 34.4 Å². The first-order chi connectivity index (χ1) is 7.40. The molecule has 0 aliphatic carbocycles. The van der Waals surface area contributed by atoms with Crippen molar-refractivity contribution in [1.82, 2.24) is 0 Å². The van der Waals surface area contributed by atoms with E-state index in [9.17, 15) is 9.90 Å². The van der Waals surface area contributed by atoms with Crippen molar-refractivity contribution in [3.05, 3.63) is 42.0 Å². The maximum Gasteiger partial charge on any atom is 2.00 e. The normalized spacial score (nSPS) is 8.06. The molecule has 6 heteroatoms. The Labute approximate surface area is 115 Å². The number of aromatic carboxylic acids is 1. The average Bonchev–Trinajstić information content (AvgIpc) is 2.22. The van der Waals surface area contributed by atoms with Crippen LogP contribution in [0.2, 0.25) is 0 Å². The van der Waals surface area contributed by atoms with E-state index in [0.29, 0.717) is 5.56 Å². The molecule has 0 spiro atoms. The van der Waals surface area contributed by atoms with E-state index >= 15 is 0 Å². The van der Waals surface area contributed by atoms with Crippen molar-refractivity contribution >= 4 is 35.0 Å². The summed E-state index contributed by atoms with van der Waals surface area (Å²) in [5.41, 5.74) is 0.372. The Balaban J connectivity index is 0. The largest absolute Gasteiger partial charge is 2.00 e. The Hall–Kier alpha value is -1.53. The molecule has 5 nitrogen and oxygen atoms in total. The molecule has 17 heavy (non-hydrogen) atoms. The van der Waals surface area contributed by atoms with E-state index in [4.69, 9.17) is 15.0 Å². The van der Waals surface area contributed by atoms with Gasteiger partial charge in [0, 0.05) is 5.56 Å². The monoisotopic (exact) mass is 246 g/mol. The molecular formula is C11H10MgO5. The smallest absolute Gasteiger partial charge is 0.545 e. The summed E-state index contributed by atoms with van der Waals surface area (Å²) in [4.78, 5) is 19.4. The number of hydrogen-bond acceptors (Lipinski definition) is 5. The summed E-state index contributed by atoms with van der Waals surface area (Å²) >= 11 is 0. The van der Waals surface area contributed by atoms with Crippen LogP contribution >= 0.6 is 0 Å². The molecule has 0 aromatic heterocycles. The third-order valence-electron chi connectivity index (χ3n) is 1.62. The molecular weight excluding hydrogens is 236 g/mol. The van der Waals surface area contributed by atoms with Crippen LogP contribution in [0, 0.1) is 6.92 Å². The van der Waals surface area contributed by atoms with Gasteiger partial charge in [-0.1, -0.05) is 18.7 Å². The molecule has 1 N–H and O–H groups in total. The number of carboxylic acids is 2. The van der Waals surface area contributed by atoms with Crippen molar-refractivity contribution in [3.8, 4) is 5.75 Å². The van der Waals surface area contributed by atoms with Crippen LogP contribution in [-0.4, -0.2) is 40.1 Å². The van der Waals surface area contributed by atoms with Gasteiger partial charge in [0.25, 0.3) is 0 Å². The van der Waals surface area contributed by atoms with Gasteiger partial charge in [-0.25, -0.2) is 0 Å². The minimum atomic E-state index is -1.36. The Kier molecular flexibility index (Phi) is 9.03. The van der Waals surface area contributed by atoms with Crippen LogP contribution in [0.15, 0.2) is 30.9 Å². The number of rotatable bonds is 2. The number of carboxylic acid groups (broad SMARTS) is 2. The summed E-state index contributed by atoms with van der Waals surface area (Å²) in [6.45, 7) is 4.52. The van der Waals surface area contributed by atoms with Gasteiger partial charge in [0.1, 0.15) is 5.75 Å². The van der Waals surface area contributed by atoms with Crippen LogP contribution in [0.1, 0.15) is 15.9 Å². The molecule has 0 amide bonds. The van der Waals surface area contributed by atoms with Crippen molar-refractivity contribution in [3.63, 3.8) is 0 Å². The van der Waals surface area contributed by atoms with Crippen LogP contribution in [0.3, 0.4) is 0 Å². The number of benzene rings is 1. The fraction of sp³-hybridized carbons (Fsp3) is 0.0909. The van der Waals surface area contributed by atoms with E-state index in [0.717, 1.165) is 6.08 Å². The number of phenols is 1. The van der Waals surface area contributed by atoms with Crippen LogP contribution in [-0.2, 0) is 4.79 Å². The summed E-state index contributed by atoms with van der Waals surface area (Å²) in [5, 5.41) is 28.6. The second kappa shape index (κ2) is 8.60. The maximum absolute atomic E-state index is 10.3. The number of carbonyl (C=O) groups is 2. The molecule has 1 aromatic carbocycles. The van der Waals surface area contributed by atoms with Crippen molar-refractivity contribution in [2.24, 2.45) is 0 Å². The van der Waals surface area contributed by atoms with Crippen LogP contribution in [0.25, 0.3) is 0 Å². The van der Waals surface area contributed by atoms with Crippen LogP contribution in [0.4, 0.5) is 0 Å². The van der Waals surface area contributed by atoms with Gasteiger partial charge < -0.3 is 24.9 Å². The Morgan fingerprint density at radius 1 is 1.35 bits per heavy atom. The number of hydrogen-bond donors (Lipinski definition) is 1. The number of carbonyl (C=O) groups excluding carboxylic acids is 2. The van der Waals surface area contributed by atoms with Gasteiger partial charge in [0.15, 0.2) is 0 Å². The molecule has 0 aliphatic rings. The van der Waals surface area contributed by atoms with Crippen molar-refractivity contribution < 1.29 is 24.9 Å². The fourth-order valence-electron chi connectivity index (χ4n) is 0.824. The number of aliphatic carboxylic acids is 1. The van der Waals surface area contributed by atoms with Gasteiger partial charge in [-0.3, -0.25) is 0 Å². The van der Waals surface area contributed by atoms with E-state index in [1.54, 1.807) is 19.1 Å². The van der Waals surface area contributed by atoms with Crippen molar-refractivity contribution in [2.45, 2.75) is 6.92 Å². The summed E-state index contributed by atoms with van der Waals surface area (Å²) in [5.74, 6) is -2.80. The maximum atomic E-state index is 10.3. The van der Waals surface area contributed by atoms with E-state index < -0.39 is 11.9 Å². The summed E-state index contributed by atoms with van der Waals surface area (Å²) in [7, 11) is 0. The molecule has 0 atom stereocenters. The Bertz CT molecular complexity index is 414. The zero-order valence-electron chi connectivity index (χ0n) is 9.30. The third kappa shape index (κ3) is 6.59. The Morgan fingerprint density at radius 2 is 1.82 bits per heavy atom. The fourth-order valence-corrected chi connectivity index (χ4v) is 0.824. The minimum Gasteiger partial charge on any atom is -0.545 e. The first kappa shape index (κ1) is 17.8. The molecule has 0 saturated carbocycles. The molecule has 0 radical (unpaired) electrons. The predicted octanol–water partition coefficient (Wildman–Crippen LogP) is -1.39. The van der Waals surface area contributed by atoms with E-state index in [2.05, 4.69) is 6.58 Å². The number of para-hydroxylation sites is 1. The molecule has 0 saturated heterocycles. The van der Waals surface area contributed by atoms with Gasteiger partial charge in [0.05, 0.1) is 11.9 Å². The van der Waals surface area contributed by atoms with Gasteiger partial charge in [-0.15, -0.1) is 0 Å². The molecule has 0 bridgehead atoms. The molecule has 0 fully saturated rings. The minimum absolute atomic E-state index is 0. The Morgan fingerprint density at radius 3 is 2.12 bits per heavy atom. The SMILES string of the molecule is C=CC(=O)[O-].Cc1cccc(C(=O)[O-])c1O.[Mg+2]. The quantitative estimate of drug-likeness (QED) is 0.511. The molecule has 1 rings (SSSR count). The second-order valence-corrected chi connectivity index (χ2v) is 2.78. The van der Waals surface area contributed by atoms with Gasteiger partial charge in [-0.05, 0) is 24.6 Å². The van der Waals surface area contributed by atoms with Gasteiger partial charge >= 0.3 is 23.1 Å². The first-order valence-corrected chi connectivity index (χ1v) is 4.23. The van der Waals surface area contributed by atoms with Crippen molar-refractivity contribution in [2.75, 3.05) is 0 Å². The molecule has 0 unspecified atom stereocenters. The summed E-state index contributed by atoms with van der Waals surface area (Å²) in [6.07, 6.45) is 0.722. The van der Waals surface area contributed by atoms with E-state index in [1.807, 2.05) is 0 Å². The molecule has 1 aromatic rings. The van der Waals surface area contributed by atoms with Crippen LogP contribution < -0.4 is 10.2 Å². The first-order valence-electron chi connectivity index (χ1n) is 4.23. The van der Waals surface area contributed by atoms with Crippen LogP contribution in [0.5, 0.6) is 5.75 Å². The third-order valence-corrected chi connectivity index (χ3v) is 1.62.